The maximum absolute atomic E-state index is 4.36. The Bertz CT molecular complexity index is 295. The van der Waals surface area contributed by atoms with Crippen molar-refractivity contribution < 1.29 is 0 Å². The molecule has 1 unspecified atom stereocenters. The molecule has 1 N–H and O–H groups in total. The van der Waals surface area contributed by atoms with Crippen molar-refractivity contribution in [3.8, 4) is 0 Å². The van der Waals surface area contributed by atoms with Crippen LogP contribution in [-0.2, 0) is 13.0 Å². The summed E-state index contributed by atoms with van der Waals surface area (Å²) in [5.74, 6) is 1.11. The molecule has 0 aliphatic heterocycles. The van der Waals surface area contributed by atoms with Crippen LogP contribution >= 0.6 is 0 Å². The van der Waals surface area contributed by atoms with Gasteiger partial charge in [-0.3, -0.25) is 4.68 Å². The largest absolute Gasteiger partial charge is 0.317 e. The second-order valence-corrected chi connectivity index (χ2v) is 4.58. The molecule has 0 radical (unpaired) electrons. The first-order chi connectivity index (χ1) is 8.31. The molecule has 1 aromatic heterocycles. The average molecular weight is 238 g/mol. The summed E-state index contributed by atoms with van der Waals surface area (Å²) in [7, 11) is 2.04. The van der Waals surface area contributed by atoms with Gasteiger partial charge in [-0.15, -0.1) is 0 Å². The first-order valence-corrected chi connectivity index (χ1v) is 6.85. The quantitative estimate of drug-likeness (QED) is 0.672. The van der Waals surface area contributed by atoms with Gasteiger partial charge in [0.05, 0.1) is 0 Å². The third-order valence-corrected chi connectivity index (χ3v) is 3.12. The van der Waals surface area contributed by atoms with Crippen molar-refractivity contribution in [1.29, 1.82) is 0 Å². The normalized spacial score (nSPS) is 12.9. The van der Waals surface area contributed by atoms with Gasteiger partial charge >= 0.3 is 0 Å². The molecule has 4 heteroatoms. The number of aryl methyl sites for hydroxylation is 1. The Kier molecular flexibility index (Phi) is 6.86. The van der Waals surface area contributed by atoms with E-state index >= 15 is 0 Å². The molecule has 0 spiro atoms. The molecular formula is C13H26N4. The van der Waals surface area contributed by atoms with Gasteiger partial charge in [-0.25, -0.2) is 4.98 Å². The minimum atomic E-state index is 0.529. The average Bonchev–Trinajstić information content (AvgIpc) is 2.76. The number of aromatic nitrogens is 3. The van der Waals surface area contributed by atoms with E-state index in [-0.39, 0.29) is 0 Å². The van der Waals surface area contributed by atoms with Gasteiger partial charge in [0.1, 0.15) is 12.2 Å². The highest BCUT2D eigenvalue weighted by Gasteiger charge is 2.11. The van der Waals surface area contributed by atoms with Gasteiger partial charge in [0.15, 0.2) is 0 Å². The molecule has 1 atom stereocenters. The molecule has 0 saturated heterocycles. The van der Waals surface area contributed by atoms with Crippen molar-refractivity contribution in [2.75, 3.05) is 7.05 Å². The van der Waals surface area contributed by atoms with Crippen molar-refractivity contribution in [1.82, 2.24) is 20.1 Å². The Morgan fingerprint density at radius 3 is 2.76 bits per heavy atom. The second-order valence-electron chi connectivity index (χ2n) is 4.58. The van der Waals surface area contributed by atoms with E-state index < -0.39 is 0 Å². The molecule has 98 valence electrons. The van der Waals surface area contributed by atoms with Gasteiger partial charge in [-0.05, 0) is 19.9 Å². The Morgan fingerprint density at radius 2 is 2.12 bits per heavy atom. The van der Waals surface area contributed by atoms with Gasteiger partial charge < -0.3 is 5.32 Å². The summed E-state index contributed by atoms with van der Waals surface area (Å²) in [5, 5.41) is 7.65. The highest BCUT2D eigenvalue weighted by Crippen LogP contribution is 2.08. The number of nitrogens with one attached hydrogen (secondary N) is 1. The predicted molar refractivity (Wildman–Crippen MR) is 71.0 cm³/mol. The molecular weight excluding hydrogens is 212 g/mol. The molecule has 0 aromatic carbocycles. The fourth-order valence-electron chi connectivity index (χ4n) is 2.05. The summed E-state index contributed by atoms with van der Waals surface area (Å²) >= 11 is 0. The molecule has 0 saturated carbocycles. The SMILES string of the molecule is CCCCCC(Cc1ncnn1CCC)NC. The molecule has 1 heterocycles. The minimum absolute atomic E-state index is 0.529. The van der Waals surface area contributed by atoms with Crippen molar-refractivity contribution >= 4 is 0 Å². The number of nitrogens with zero attached hydrogens (tertiary/aromatic N) is 3. The maximum atomic E-state index is 4.36. The Balaban J connectivity index is 2.45. The number of rotatable bonds is 9. The van der Waals surface area contributed by atoms with Gasteiger partial charge in [0.2, 0.25) is 0 Å². The Hall–Kier alpha value is -0.900. The van der Waals surface area contributed by atoms with Crippen LogP contribution in [0, 0.1) is 0 Å². The summed E-state index contributed by atoms with van der Waals surface area (Å²) in [5.41, 5.74) is 0. The number of likely N-dealkylation sites (N-methyl/N-ethyl adjacent to an activating group) is 1. The molecule has 0 aliphatic rings. The zero-order valence-corrected chi connectivity index (χ0v) is 11.4. The van der Waals surface area contributed by atoms with Gasteiger partial charge in [-0.2, -0.15) is 5.10 Å². The number of unbranched alkanes of at least 4 members (excludes halogenated alkanes) is 2. The molecule has 4 nitrogen and oxygen atoms in total. The van der Waals surface area contributed by atoms with Crippen molar-refractivity contribution in [2.45, 2.75) is 65.0 Å². The Morgan fingerprint density at radius 1 is 1.29 bits per heavy atom. The Labute approximate surface area is 105 Å². The van der Waals surface area contributed by atoms with E-state index in [1.165, 1.54) is 25.7 Å². The van der Waals surface area contributed by atoms with Gasteiger partial charge in [0.25, 0.3) is 0 Å². The lowest BCUT2D eigenvalue weighted by Crippen LogP contribution is -2.29. The third kappa shape index (κ3) is 4.86. The second kappa shape index (κ2) is 8.23. The molecule has 0 fully saturated rings. The standard InChI is InChI=1S/C13H26N4/c1-4-6-7-8-12(14-3)10-13-15-11-16-17(13)9-5-2/h11-12,14H,4-10H2,1-3H3. The maximum Gasteiger partial charge on any atom is 0.138 e. The summed E-state index contributed by atoms with van der Waals surface area (Å²) < 4.78 is 2.03. The lowest BCUT2D eigenvalue weighted by molar-refractivity contribution is 0.462. The molecule has 17 heavy (non-hydrogen) atoms. The monoisotopic (exact) mass is 238 g/mol. The third-order valence-electron chi connectivity index (χ3n) is 3.12. The number of hydrogen-bond donors (Lipinski definition) is 1. The number of hydrogen-bond acceptors (Lipinski definition) is 3. The van der Waals surface area contributed by atoms with E-state index in [0.717, 1.165) is 25.2 Å². The fourth-order valence-corrected chi connectivity index (χ4v) is 2.05. The van der Waals surface area contributed by atoms with E-state index in [1.807, 2.05) is 11.7 Å². The smallest absolute Gasteiger partial charge is 0.138 e. The molecule has 0 bridgehead atoms. The van der Waals surface area contributed by atoms with Crippen LogP contribution in [0.4, 0.5) is 0 Å². The van der Waals surface area contributed by atoms with Crippen LogP contribution in [0.1, 0.15) is 51.8 Å². The summed E-state index contributed by atoms with van der Waals surface area (Å²) in [6, 6.07) is 0.529. The van der Waals surface area contributed by atoms with Crippen molar-refractivity contribution in [3.63, 3.8) is 0 Å². The zero-order valence-electron chi connectivity index (χ0n) is 11.4. The topological polar surface area (TPSA) is 42.7 Å². The van der Waals surface area contributed by atoms with Crippen LogP contribution in [0.25, 0.3) is 0 Å². The summed E-state index contributed by atoms with van der Waals surface area (Å²) in [6.07, 6.45) is 8.88. The van der Waals surface area contributed by atoms with E-state index in [4.69, 9.17) is 0 Å². The predicted octanol–water partition coefficient (Wildman–Crippen LogP) is 2.40. The molecule has 0 aliphatic carbocycles. The first-order valence-electron chi connectivity index (χ1n) is 6.85. The lowest BCUT2D eigenvalue weighted by Gasteiger charge is -2.15. The van der Waals surface area contributed by atoms with Crippen molar-refractivity contribution in [2.24, 2.45) is 0 Å². The molecule has 1 rings (SSSR count). The van der Waals surface area contributed by atoms with Crippen LogP contribution < -0.4 is 5.32 Å². The highest BCUT2D eigenvalue weighted by atomic mass is 15.3. The van der Waals surface area contributed by atoms with Gasteiger partial charge in [-0.1, -0.05) is 33.1 Å². The van der Waals surface area contributed by atoms with Crippen LogP contribution in [0.2, 0.25) is 0 Å². The fraction of sp³-hybridized carbons (Fsp3) is 0.846. The minimum Gasteiger partial charge on any atom is -0.317 e. The summed E-state index contributed by atoms with van der Waals surface area (Å²) in [4.78, 5) is 4.36. The van der Waals surface area contributed by atoms with E-state index in [9.17, 15) is 0 Å². The lowest BCUT2D eigenvalue weighted by atomic mass is 10.1. The van der Waals surface area contributed by atoms with Crippen molar-refractivity contribution in [3.05, 3.63) is 12.2 Å². The van der Waals surface area contributed by atoms with Crippen LogP contribution in [-0.4, -0.2) is 27.9 Å². The molecule has 0 amide bonds. The van der Waals surface area contributed by atoms with E-state index in [1.54, 1.807) is 6.33 Å². The van der Waals surface area contributed by atoms with E-state index in [2.05, 4.69) is 29.2 Å². The van der Waals surface area contributed by atoms with Crippen LogP contribution in [0.15, 0.2) is 6.33 Å². The van der Waals surface area contributed by atoms with Gasteiger partial charge in [0, 0.05) is 19.0 Å². The zero-order chi connectivity index (χ0) is 12.5. The summed E-state index contributed by atoms with van der Waals surface area (Å²) in [6.45, 7) is 5.38. The first kappa shape index (κ1) is 14.2. The van der Waals surface area contributed by atoms with Crippen LogP contribution in [0.5, 0.6) is 0 Å². The van der Waals surface area contributed by atoms with Crippen LogP contribution in [0.3, 0.4) is 0 Å². The molecule has 1 aromatic rings. The highest BCUT2D eigenvalue weighted by molar-refractivity contribution is 4.89. The van der Waals surface area contributed by atoms with E-state index in [0.29, 0.717) is 6.04 Å².